The van der Waals surface area contributed by atoms with Crippen molar-refractivity contribution in [1.29, 1.82) is 0 Å². The van der Waals surface area contributed by atoms with Gasteiger partial charge in [-0.15, -0.1) is 0 Å². The molecule has 0 nitrogen and oxygen atoms in total. The monoisotopic (exact) mass is 216 g/mol. The summed E-state index contributed by atoms with van der Waals surface area (Å²) in [5.74, 6) is 0. The van der Waals surface area contributed by atoms with Gasteiger partial charge >= 0.3 is 0 Å². The van der Waals surface area contributed by atoms with Crippen LogP contribution < -0.4 is 0 Å². The summed E-state index contributed by atoms with van der Waals surface area (Å²) in [6.45, 7) is 4.39. The number of benzene rings is 1. The molecule has 0 radical (unpaired) electrons. The highest BCUT2D eigenvalue weighted by molar-refractivity contribution is 5.49. The van der Waals surface area contributed by atoms with E-state index in [1.807, 2.05) is 0 Å². The molecule has 0 fully saturated rings. The summed E-state index contributed by atoms with van der Waals surface area (Å²) in [6, 6.07) is 8.70. The van der Waals surface area contributed by atoms with Gasteiger partial charge in [0.15, 0.2) is 0 Å². The fraction of sp³-hybridized carbons (Fsp3) is 0.500. The Bertz CT molecular complexity index is 292. The lowest BCUT2D eigenvalue weighted by atomic mass is 10.1. The molecule has 0 heterocycles. The molecule has 0 saturated carbocycles. The van der Waals surface area contributed by atoms with E-state index in [1.54, 1.807) is 0 Å². The minimum atomic E-state index is 1.22. The first kappa shape index (κ1) is 13.0. The third-order valence-electron chi connectivity index (χ3n) is 2.86. The lowest BCUT2D eigenvalue weighted by Gasteiger charge is -1.97. The second kappa shape index (κ2) is 8.15. The SMILES string of the molecule is CCCCCCC/C=C\c1ccc(C)cc1. The van der Waals surface area contributed by atoms with Gasteiger partial charge < -0.3 is 0 Å². The van der Waals surface area contributed by atoms with Crippen LogP contribution in [0.4, 0.5) is 0 Å². The predicted octanol–water partition coefficient (Wildman–Crippen LogP) is 5.37. The highest BCUT2D eigenvalue weighted by Crippen LogP contribution is 2.08. The largest absolute Gasteiger partial charge is 0.0839 e. The summed E-state index contributed by atoms with van der Waals surface area (Å²) in [6.07, 6.45) is 12.6. The number of unbranched alkanes of at least 4 members (excludes halogenated alkanes) is 5. The zero-order valence-electron chi connectivity index (χ0n) is 10.7. The number of hydrogen-bond acceptors (Lipinski definition) is 0. The third-order valence-corrected chi connectivity index (χ3v) is 2.86. The molecule has 0 aliphatic rings. The van der Waals surface area contributed by atoms with E-state index in [9.17, 15) is 0 Å². The van der Waals surface area contributed by atoms with E-state index < -0.39 is 0 Å². The molecular weight excluding hydrogens is 192 g/mol. The highest BCUT2D eigenvalue weighted by atomic mass is 13.9. The smallest absolute Gasteiger partial charge is 0.0260 e. The van der Waals surface area contributed by atoms with Crippen molar-refractivity contribution in [2.45, 2.75) is 52.4 Å². The minimum Gasteiger partial charge on any atom is -0.0839 e. The van der Waals surface area contributed by atoms with E-state index in [4.69, 9.17) is 0 Å². The van der Waals surface area contributed by atoms with Crippen LogP contribution in [0.5, 0.6) is 0 Å². The Balaban J connectivity index is 2.14. The van der Waals surface area contributed by atoms with Gasteiger partial charge in [0.25, 0.3) is 0 Å². The zero-order chi connectivity index (χ0) is 11.6. The molecular formula is C16H24. The van der Waals surface area contributed by atoms with Gasteiger partial charge in [-0.1, -0.05) is 74.6 Å². The number of hydrogen-bond donors (Lipinski definition) is 0. The minimum absolute atomic E-state index is 1.22. The summed E-state index contributed by atoms with van der Waals surface area (Å²) in [5.41, 5.74) is 2.65. The molecule has 88 valence electrons. The molecule has 0 amide bonds. The molecule has 0 aromatic heterocycles. The number of aryl methyl sites for hydroxylation is 1. The molecule has 1 aromatic rings. The van der Waals surface area contributed by atoms with Crippen LogP contribution in [-0.2, 0) is 0 Å². The van der Waals surface area contributed by atoms with E-state index in [2.05, 4.69) is 50.3 Å². The Kier molecular flexibility index (Phi) is 6.64. The second-order valence-corrected chi connectivity index (χ2v) is 4.52. The summed E-state index contributed by atoms with van der Waals surface area (Å²) in [5, 5.41) is 0. The van der Waals surface area contributed by atoms with Crippen molar-refractivity contribution in [3.63, 3.8) is 0 Å². The molecule has 1 aromatic carbocycles. The third kappa shape index (κ3) is 5.75. The van der Waals surface area contributed by atoms with Gasteiger partial charge in [-0.3, -0.25) is 0 Å². The van der Waals surface area contributed by atoms with E-state index in [-0.39, 0.29) is 0 Å². The van der Waals surface area contributed by atoms with E-state index >= 15 is 0 Å². The van der Waals surface area contributed by atoms with Crippen LogP contribution in [0.25, 0.3) is 6.08 Å². The van der Waals surface area contributed by atoms with Gasteiger partial charge in [-0.2, -0.15) is 0 Å². The topological polar surface area (TPSA) is 0 Å². The lowest BCUT2D eigenvalue weighted by Crippen LogP contribution is -1.76. The van der Waals surface area contributed by atoms with Gasteiger partial charge in [0.1, 0.15) is 0 Å². The van der Waals surface area contributed by atoms with E-state index in [0.29, 0.717) is 0 Å². The molecule has 16 heavy (non-hydrogen) atoms. The molecule has 0 aliphatic carbocycles. The van der Waals surface area contributed by atoms with Crippen LogP contribution in [0.1, 0.15) is 56.6 Å². The Hall–Kier alpha value is -1.04. The quantitative estimate of drug-likeness (QED) is 0.538. The van der Waals surface area contributed by atoms with Crippen molar-refractivity contribution < 1.29 is 0 Å². The van der Waals surface area contributed by atoms with Crippen LogP contribution in [0.2, 0.25) is 0 Å². The van der Waals surface area contributed by atoms with Crippen LogP contribution in [-0.4, -0.2) is 0 Å². The Labute approximate surface area is 100 Å². The van der Waals surface area contributed by atoms with Crippen LogP contribution in [0, 0.1) is 6.92 Å². The summed E-state index contributed by atoms with van der Waals surface area (Å²) < 4.78 is 0. The van der Waals surface area contributed by atoms with Gasteiger partial charge in [0.05, 0.1) is 0 Å². The summed E-state index contributed by atoms with van der Waals surface area (Å²) >= 11 is 0. The average Bonchev–Trinajstić information content (AvgIpc) is 2.30. The van der Waals surface area contributed by atoms with Gasteiger partial charge in [0, 0.05) is 0 Å². The van der Waals surface area contributed by atoms with Crippen LogP contribution >= 0.6 is 0 Å². The Morgan fingerprint density at radius 3 is 2.31 bits per heavy atom. The fourth-order valence-corrected chi connectivity index (χ4v) is 1.76. The fourth-order valence-electron chi connectivity index (χ4n) is 1.76. The molecule has 0 heteroatoms. The van der Waals surface area contributed by atoms with Crippen molar-refractivity contribution in [3.8, 4) is 0 Å². The second-order valence-electron chi connectivity index (χ2n) is 4.52. The molecule has 0 bridgehead atoms. The molecule has 0 saturated heterocycles. The zero-order valence-corrected chi connectivity index (χ0v) is 10.7. The van der Waals surface area contributed by atoms with Gasteiger partial charge in [-0.25, -0.2) is 0 Å². The van der Waals surface area contributed by atoms with Crippen LogP contribution in [0.15, 0.2) is 30.3 Å². The molecule has 0 unspecified atom stereocenters. The molecule has 0 spiro atoms. The predicted molar refractivity (Wildman–Crippen MR) is 73.6 cm³/mol. The van der Waals surface area contributed by atoms with Gasteiger partial charge in [-0.05, 0) is 25.3 Å². The van der Waals surface area contributed by atoms with E-state index in [1.165, 1.54) is 49.7 Å². The van der Waals surface area contributed by atoms with E-state index in [0.717, 1.165) is 0 Å². The lowest BCUT2D eigenvalue weighted by molar-refractivity contribution is 0.638. The first-order chi connectivity index (χ1) is 7.83. The summed E-state index contributed by atoms with van der Waals surface area (Å²) in [4.78, 5) is 0. The van der Waals surface area contributed by atoms with Crippen molar-refractivity contribution in [2.24, 2.45) is 0 Å². The summed E-state index contributed by atoms with van der Waals surface area (Å²) in [7, 11) is 0. The molecule has 0 aliphatic heterocycles. The maximum Gasteiger partial charge on any atom is -0.0260 e. The maximum absolute atomic E-state index is 2.30. The number of rotatable bonds is 7. The first-order valence-corrected chi connectivity index (χ1v) is 6.56. The standard InChI is InChI=1S/C16H24/c1-3-4-5-6-7-8-9-10-16-13-11-15(2)12-14-16/h9-14H,3-8H2,1-2H3/b10-9-. The molecule has 0 atom stereocenters. The highest BCUT2D eigenvalue weighted by Gasteiger charge is 1.88. The van der Waals surface area contributed by atoms with Gasteiger partial charge in [0.2, 0.25) is 0 Å². The Morgan fingerprint density at radius 1 is 0.938 bits per heavy atom. The first-order valence-electron chi connectivity index (χ1n) is 6.56. The molecule has 0 N–H and O–H groups in total. The van der Waals surface area contributed by atoms with Crippen molar-refractivity contribution in [3.05, 3.63) is 41.5 Å². The normalized spacial score (nSPS) is 11.1. The molecule has 1 rings (SSSR count). The van der Waals surface area contributed by atoms with Crippen molar-refractivity contribution in [2.75, 3.05) is 0 Å². The Morgan fingerprint density at radius 2 is 1.62 bits per heavy atom. The maximum atomic E-state index is 2.30. The van der Waals surface area contributed by atoms with Crippen molar-refractivity contribution in [1.82, 2.24) is 0 Å². The van der Waals surface area contributed by atoms with Crippen molar-refractivity contribution >= 4 is 6.08 Å². The number of allylic oxidation sites excluding steroid dienone is 1. The average molecular weight is 216 g/mol. The van der Waals surface area contributed by atoms with Crippen LogP contribution in [0.3, 0.4) is 0 Å².